The third-order valence-corrected chi connectivity index (χ3v) is 6.33. The number of aliphatic hydroxyl groups excluding tert-OH is 1. The number of halogens is 2. The average Bonchev–Trinajstić information content (AvgIpc) is 3.37. The zero-order chi connectivity index (χ0) is 23.9. The highest BCUT2D eigenvalue weighted by Gasteiger charge is 2.19. The van der Waals surface area contributed by atoms with E-state index in [1.165, 1.54) is 12.4 Å². The van der Waals surface area contributed by atoms with Crippen LogP contribution in [0.25, 0.3) is 38.9 Å². The first-order valence-corrected chi connectivity index (χ1v) is 11.3. The molecule has 1 aliphatic rings. The monoisotopic (exact) mass is 473 g/mol. The van der Waals surface area contributed by atoms with Crippen molar-refractivity contribution in [2.24, 2.45) is 0 Å². The van der Waals surface area contributed by atoms with Gasteiger partial charge in [0.1, 0.15) is 18.0 Å². The molecule has 176 valence electrons. The van der Waals surface area contributed by atoms with Crippen LogP contribution in [-0.2, 0) is 11.3 Å². The Morgan fingerprint density at radius 1 is 0.971 bits per heavy atom. The Bertz CT molecular complexity index is 1560. The molecular formula is C26H21F2N5O2. The molecule has 0 aliphatic carbocycles. The zero-order valence-electron chi connectivity index (χ0n) is 18.7. The molecule has 0 amide bonds. The van der Waals surface area contributed by atoms with Crippen molar-refractivity contribution in [3.8, 4) is 22.5 Å². The molecule has 0 radical (unpaired) electrons. The van der Waals surface area contributed by atoms with Gasteiger partial charge in [0.05, 0.1) is 47.9 Å². The summed E-state index contributed by atoms with van der Waals surface area (Å²) in [5.41, 5.74) is 3.70. The number of aliphatic hydroxyl groups is 1. The predicted molar refractivity (Wildman–Crippen MR) is 128 cm³/mol. The molecule has 1 N–H and O–H groups in total. The summed E-state index contributed by atoms with van der Waals surface area (Å²) in [6.45, 7) is 2.59. The SMILES string of the molecule is OCc1nc(-c2cc(-c3ncnc4cc(N5CCOCC5)ccc34)c(F)cc2F)cn2cccc12. The van der Waals surface area contributed by atoms with E-state index in [-0.39, 0.29) is 23.4 Å². The Kier molecular flexibility index (Phi) is 5.35. The lowest BCUT2D eigenvalue weighted by atomic mass is 10.0. The van der Waals surface area contributed by atoms with Crippen LogP contribution in [0.2, 0.25) is 0 Å². The summed E-state index contributed by atoms with van der Waals surface area (Å²) in [5.74, 6) is -1.48. The second kappa shape index (κ2) is 8.68. The number of hydrogen-bond acceptors (Lipinski definition) is 6. The summed E-state index contributed by atoms with van der Waals surface area (Å²) in [6.07, 6.45) is 4.82. The maximum absolute atomic E-state index is 15.1. The van der Waals surface area contributed by atoms with Crippen LogP contribution in [0.15, 0.2) is 61.2 Å². The average molecular weight is 473 g/mol. The summed E-state index contributed by atoms with van der Waals surface area (Å²) in [5, 5.41) is 10.4. The van der Waals surface area contributed by atoms with Crippen molar-refractivity contribution in [3.05, 3.63) is 78.5 Å². The van der Waals surface area contributed by atoms with Crippen molar-refractivity contribution >= 4 is 22.1 Å². The Morgan fingerprint density at radius 3 is 2.63 bits per heavy atom. The normalized spacial score (nSPS) is 14.2. The highest BCUT2D eigenvalue weighted by molar-refractivity contribution is 5.94. The van der Waals surface area contributed by atoms with Gasteiger partial charge in [0.25, 0.3) is 0 Å². The fraction of sp³-hybridized carbons (Fsp3) is 0.192. The van der Waals surface area contributed by atoms with Crippen molar-refractivity contribution in [3.63, 3.8) is 0 Å². The van der Waals surface area contributed by atoms with Gasteiger partial charge in [0, 0.05) is 53.8 Å². The van der Waals surface area contributed by atoms with Gasteiger partial charge in [-0.15, -0.1) is 0 Å². The van der Waals surface area contributed by atoms with Gasteiger partial charge in [0.2, 0.25) is 0 Å². The fourth-order valence-corrected chi connectivity index (χ4v) is 4.57. The molecule has 7 nitrogen and oxygen atoms in total. The van der Waals surface area contributed by atoms with Crippen LogP contribution in [0.4, 0.5) is 14.5 Å². The number of ether oxygens (including phenoxy) is 1. The second-order valence-corrected chi connectivity index (χ2v) is 8.37. The molecule has 0 unspecified atom stereocenters. The van der Waals surface area contributed by atoms with Gasteiger partial charge in [0.15, 0.2) is 0 Å². The topological polar surface area (TPSA) is 75.8 Å². The van der Waals surface area contributed by atoms with Crippen molar-refractivity contribution in [1.29, 1.82) is 0 Å². The quantitative estimate of drug-likeness (QED) is 0.421. The lowest BCUT2D eigenvalue weighted by Gasteiger charge is -2.29. The molecule has 9 heteroatoms. The molecule has 0 atom stereocenters. The summed E-state index contributed by atoms with van der Waals surface area (Å²) in [4.78, 5) is 15.4. The Morgan fingerprint density at radius 2 is 1.80 bits per heavy atom. The highest BCUT2D eigenvalue weighted by atomic mass is 19.1. The molecule has 0 spiro atoms. The summed E-state index contributed by atoms with van der Waals surface area (Å²) >= 11 is 0. The standard InChI is InChI=1S/C26H21F2N5O2/c27-20-12-21(28)19(11-18(20)23-13-33-5-1-2-25(33)24(14-34)31-23)26-17-4-3-16(10-22(17)29-15-30-26)32-6-8-35-9-7-32/h1-5,10-13,15,34H,6-9,14H2. The first kappa shape index (κ1) is 21.6. The first-order chi connectivity index (χ1) is 17.1. The number of morpholine rings is 1. The minimum atomic E-state index is -0.748. The van der Waals surface area contributed by atoms with Crippen molar-refractivity contribution in [2.75, 3.05) is 31.2 Å². The minimum absolute atomic E-state index is 0.114. The van der Waals surface area contributed by atoms with Crippen LogP contribution in [0.5, 0.6) is 0 Å². The third-order valence-electron chi connectivity index (χ3n) is 6.33. The Hall–Kier alpha value is -3.95. The lowest BCUT2D eigenvalue weighted by molar-refractivity contribution is 0.122. The van der Waals surface area contributed by atoms with E-state index in [9.17, 15) is 9.50 Å². The molecule has 1 aliphatic heterocycles. The van der Waals surface area contributed by atoms with Gasteiger partial charge in [-0.2, -0.15) is 0 Å². The molecule has 0 bridgehead atoms. The number of rotatable bonds is 4. The smallest absolute Gasteiger partial charge is 0.135 e. The van der Waals surface area contributed by atoms with Crippen LogP contribution < -0.4 is 4.90 Å². The molecule has 4 heterocycles. The van der Waals surface area contributed by atoms with Crippen LogP contribution in [0.1, 0.15) is 5.69 Å². The van der Waals surface area contributed by atoms with Gasteiger partial charge in [-0.25, -0.2) is 23.7 Å². The molecular weight excluding hydrogens is 452 g/mol. The number of anilines is 1. The van der Waals surface area contributed by atoms with Gasteiger partial charge in [-0.1, -0.05) is 0 Å². The predicted octanol–water partition coefficient (Wildman–Crippen LogP) is 4.22. The van der Waals surface area contributed by atoms with E-state index in [0.29, 0.717) is 35.5 Å². The first-order valence-electron chi connectivity index (χ1n) is 11.3. The van der Waals surface area contributed by atoms with E-state index in [0.717, 1.165) is 30.4 Å². The van der Waals surface area contributed by atoms with Gasteiger partial charge >= 0.3 is 0 Å². The maximum Gasteiger partial charge on any atom is 0.135 e. The number of aromatic nitrogens is 4. The van der Waals surface area contributed by atoms with Gasteiger partial charge < -0.3 is 19.1 Å². The summed E-state index contributed by atoms with van der Waals surface area (Å²) in [7, 11) is 0. The number of nitrogens with zero attached hydrogens (tertiary/aromatic N) is 5. The zero-order valence-corrected chi connectivity index (χ0v) is 18.7. The molecule has 0 saturated carbocycles. The molecule has 2 aromatic carbocycles. The fourth-order valence-electron chi connectivity index (χ4n) is 4.57. The highest BCUT2D eigenvalue weighted by Crippen LogP contribution is 2.34. The Balaban J connectivity index is 1.48. The summed E-state index contributed by atoms with van der Waals surface area (Å²) in [6, 6.07) is 11.7. The summed E-state index contributed by atoms with van der Waals surface area (Å²) < 4.78 is 37.2. The second-order valence-electron chi connectivity index (χ2n) is 8.37. The number of benzene rings is 2. The van der Waals surface area contributed by atoms with Crippen LogP contribution >= 0.6 is 0 Å². The Labute approximate surface area is 199 Å². The molecule has 6 rings (SSSR count). The van der Waals surface area contributed by atoms with Crippen LogP contribution in [0, 0.1) is 11.6 Å². The number of fused-ring (bicyclic) bond motifs is 2. The third kappa shape index (κ3) is 3.78. The van der Waals surface area contributed by atoms with Crippen LogP contribution in [0.3, 0.4) is 0 Å². The lowest BCUT2D eigenvalue weighted by Crippen LogP contribution is -2.36. The molecule has 5 aromatic rings. The van der Waals surface area contributed by atoms with Crippen molar-refractivity contribution < 1.29 is 18.6 Å². The van der Waals surface area contributed by atoms with E-state index in [2.05, 4.69) is 19.9 Å². The van der Waals surface area contributed by atoms with E-state index in [1.807, 2.05) is 30.3 Å². The molecule has 1 fully saturated rings. The molecule has 3 aromatic heterocycles. The van der Waals surface area contributed by atoms with E-state index >= 15 is 4.39 Å². The molecule has 35 heavy (non-hydrogen) atoms. The van der Waals surface area contributed by atoms with Crippen molar-refractivity contribution in [2.45, 2.75) is 6.61 Å². The van der Waals surface area contributed by atoms with Gasteiger partial charge in [-0.3, -0.25) is 0 Å². The van der Waals surface area contributed by atoms with E-state index < -0.39 is 11.6 Å². The number of hydrogen-bond donors (Lipinski definition) is 1. The van der Waals surface area contributed by atoms with Crippen molar-refractivity contribution in [1.82, 2.24) is 19.4 Å². The largest absolute Gasteiger partial charge is 0.390 e. The van der Waals surface area contributed by atoms with Gasteiger partial charge in [-0.05, 0) is 36.4 Å². The molecule has 1 saturated heterocycles. The van der Waals surface area contributed by atoms with Crippen LogP contribution in [-0.4, -0.2) is 50.8 Å². The van der Waals surface area contributed by atoms with E-state index in [4.69, 9.17) is 4.74 Å². The maximum atomic E-state index is 15.1. The van der Waals surface area contributed by atoms with E-state index in [1.54, 1.807) is 16.8 Å². The minimum Gasteiger partial charge on any atom is -0.390 e.